The molecule has 2 aromatic rings. The van der Waals surface area contributed by atoms with Gasteiger partial charge in [-0.2, -0.15) is 0 Å². The Kier molecular flexibility index (Phi) is 7.97. The molecule has 2 amide bonds. The Morgan fingerprint density at radius 2 is 1.94 bits per heavy atom. The highest BCUT2D eigenvalue weighted by Crippen LogP contribution is 2.32. The van der Waals surface area contributed by atoms with Crippen LogP contribution in [0.15, 0.2) is 36.9 Å². The van der Waals surface area contributed by atoms with Crippen LogP contribution in [0.25, 0.3) is 0 Å². The molecule has 1 saturated carbocycles. The number of amides is 2. The van der Waals surface area contributed by atoms with Gasteiger partial charge in [0, 0.05) is 75.5 Å². The number of hydrogen-bond acceptors (Lipinski definition) is 7. The number of ether oxygens (including phenoxy) is 2. The van der Waals surface area contributed by atoms with Crippen LogP contribution in [0.5, 0.6) is 5.75 Å². The fourth-order valence-corrected chi connectivity index (χ4v) is 4.38. The number of fused-ring (bicyclic) bond motifs is 1. The molecule has 1 aliphatic carbocycles. The van der Waals surface area contributed by atoms with E-state index in [2.05, 4.69) is 34.0 Å². The van der Waals surface area contributed by atoms with Crippen LogP contribution in [-0.2, 0) is 16.1 Å². The minimum absolute atomic E-state index is 0.0168. The van der Waals surface area contributed by atoms with Crippen molar-refractivity contribution in [3.05, 3.63) is 48.0 Å². The maximum absolute atomic E-state index is 13.3. The molecule has 0 saturated heterocycles. The Morgan fingerprint density at radius 3 is 2.63 bits per heavy atom. The van der Waals surface area contributed by atoms with Crippen molar-refractivity contribution in [2.24, 2.45) is 11.8 Å². The van der Waals surface area contributed by atoms with E-state index in [-0.39, 0.29) is 35.8 Å². The topological polar surface area (TPSA) is 96.9 Å². The van der Waals surface area contributed by atoms with Gasteiger partial charge in [0.2, 0.25) is 5.91 Å². The summed E-state index contributed by atoms with van der Waals surface area (Å²) >= 11 is 0. The zero-order valence-electron chi connectivity index (χ0n) is 20.9. The number of anilines is 1. The number of nitrogens with zero attached hydrogens (tertiary/aromatic N) is 4. The normalized spacial score (nSPS) is 24.1. The Bertz CT molecular complexity index is 1030. The molecule has 0 spiro atoms. The minimum atomic E-state index is -0.138. The molecular formula is C26H35N5O4. The van der Waals surface area contributed by atoms with Gasteiger partial charge >= 0.3 is 0 Å². The first kappa shape index (κ1) is 25.1. The lowest BCUT2D eigenvalue weighted by Gasteiger charge is -2.36. The van der Waals surface area contributed by atoms with Crippen LogP contribution in [-0.4, -0.2) is 77.6 Å². The van der Waals surface area contributed by atoms with E-state index in [0.717, 1.165) is 24.9 Å². The lowest BCUT2D eigenvalue weighted by atomic mass is 10.0. The lowest BCUT2D eigenvalue weighted by molar-refractivity contribution is -0.117. The van der Waals surface area contributed by atoms with E-state index in [1.54, 1.807) is 37.3 Å². The summed E-state index contributed by atoms with van der Waals surface area (Å²) in [7, 11) is 3.47. The molecule has 9 nitrogen and oxygen atoms in total. The van der Waals surface area contributed by atoms with Gasteiger partial charge in [-0.05, 0) is 37.8 Å². The van der Waals surface area contributed by atoms with Gasteiger partial charge in [-0.3, -0.25) is 14.5 Å². The Morgan fingerprint density at radius 1 is 1.20 bits per heavy atom. The highest BCUT2D eigenvalue weighted by molar-refractivity contribution is 5.99. The number of likely N-dealkylation sites (N-methyl/N-ethyl adjacent to an activating group) is 1. The molecule has 0 bridgehead atoms. The Balaban J connectivity index is 1.62. The second kappa shape index (κ2) is 11.1. The molecule has 1 fully saturated rings. The van der Waals surface area contributed by atoms with Crippen LogP contribution in [0.3, 0.4) is 0 Å². The predicted molar refractivity (Wildman–Crippen MR) is 132 cm³/mol. The van der Waals surface area contributed by atoms with E-state index < -0.39 is 0 Å². The molecule has 2 aliphatic rings. The SMILES string of the molecule is CO[C@@H]1CN(C)C(=O)c2ccc(NC(=O)C3CC3)cc2OC[C@H](C)N(Cc2cncnc2)C[C@@H]1C. The van der Waals surface area contributed by atoms with Gasteiger partial charge in [-0.25, -0.2) is 9.97 Å². The number of methoxy groups -OCH3 is 1. The Hall–Kier alpha value is -3.04. The van der Waals surface area contributed by atoms with Crippen molar-refractivity contribution in [3.8, 4) is 5.75 Å². The minimum Gasteiger partial charge on any atom is -0.491 e. The van der Waals surface area contributed by atoms with Crippen molar-refractivity contribution < 1.29 is 19.1 Å². The molecule has 9 heteroatoms. The molecule has 35 heavy (non-hydrogen) atoms. The van der Waals surface area contributed by atoms with Crippen molar-refractivity contribution in [2.75, 3.05) is 39.2 Å². The van der Waals surface area contributed by atoms with Gasteiger partial charge < -0.3 is 19.7 Å². The average Bonchev–Trinajstić information content (AvgIpc) is 3.71. The fourth-order valence-electron chi connectivity index (χ4n) is 4.38. The highest BCUT2D eigenvalue weighted by Gasteiger charge is 2.31. The molecule has 188 valence electrons. The molecule has 4 rings (SSSR count). The molecule has 1 aliphatic heterocycles. The van der Waals surface area contributed by atoms with Crippen molar-refractivity contribution >= 4 is 17.5 Å². The summed E-state index contributed by atoms with van der Waals surface area (Å²) in [5.74, 6) is 0.603. The second-order valence-electron chi connectivity index (χ2n) is 9.75. The van der Waals surface area contributed by atoms with E-state index in [1.807, 2.05) is 12.4 Å². The molecule has 3 atom stereocenters. The summed E-state index contributed by atoms with van der Waals surface area (Å²) in [6, 6.07) is 5.30. The third kappa shape index (κ3) is 6.35. The zero-order chi connectivity index (χ0) is 24.9. The molecular weight excluding hydrogens is 446 g/mol. The van der Waals surface area contributed by atoms with E-state index in [9.17, 15) is 9.59 Å². The van der Waals surface area contributed by atoms with Gasteiger partial charge in [0.25, 0.3) is 5.91 Å². The number of nitrogens with one attached hydrogen (secondary N) is 1. The standard InChI is InChI=1S/C26H35N5O4/c1-17-12-31(13-19-10-27-16-28-11-19)18(2)15-35-23-9-21(29-25(32)20-5-6-20)7-8-22(23)26(33)30(3)14-24(17)34-4/h7-11,16-18,20,24H,5-6,12-15H2,1-4H3,(H,29,32)/t17-,18-,24+/m0/s1. The zero-order valence-corrected chi connectivity index (χ0v) is 20.9. The van der Waals surface area contributed by atoms with Crippen LogP contribution in [0.2, 0.25) is 0 Å². The van der Waals surface area contributed by atoms with Gasteiger partial charge in [0.1, 0.15) is 18.7 Å². The molecule has 2 heterocycles. The molecule has 0 unspecified atom stereocenters. The van der Waals surface area contributed by atoms with Crippen molar-refractivity contribution in [2.45, 2.75) is 45.4 Å². The fraction of sp³-hybridized carbons (Fsp3) is 0.538. The number of benzene rings is 1. The second-order valence-corrected chi connectivity index (χ2v) is 9.75. The summed E-state index contributed by atoms with van der Waals surface area (Å²) < 4.78 is 12.1. The summed E-state index contributed by atoms with van der Waals surface area (Å²) in [6.07, 6.45) is 6.90. The maximum Gasteiger partial charge on any atom is 0.257 e. The van der Waals surface area contributed by atoms with E-state index in [4.69, 9.17) is 9.47 Å². The average molecular weight is 482 g/mol. The maximum atomic E-state index is 13.3. The van der Waals surface area contributed by atoms with Crippen molar-refractivity contribution in [1.29, 1.82) is 0 Å². The van der Waals surface area contributed by atoms with E-state index >= 15 is 0 Å². The summed E-state index contributed by atoms with van der Waals surface area (Å²) in [5.41, 5.74) is 2.12. The summed E-state index contributed by atoms with van der Waals surface area (Å²) in [4.78, 5) is 37.9. The number of hydrogen-bond donors (Lipinski definition) is 1. The van der Waals surface area contributed by atoms with E-state index in [0.29, 0.717) is 36.7 Å². The van der Waals surface area contributed by atoms with Gasteiger partial charge in [0.15, 0.2) is 0 Å². The number of carbonyl (C=O) groups excluding carboxylic acids is 2. The third-order valence-corrected chi connectivity index (χ3v) is 6.79. The quantitative estimate of drug-likeness (QED) is 0.701. The number of carbonyl (C=O) groups is 2. The highest BCUT2D eigenvalue weighted by atomic mass is 16.5. The summed E-state index contributed by atoms with van der Waals surface area (Å²) in [6.45, 7) is 6.50. The first-order valence-electron chi connectivity index (χ1n) is 12.2. The molecule has 1 aromatic heterocycles. The van der Waals surface area contributed by atoms with Gasteiger partial charge in [0.05, 0.1) is 11.7 Å². The predicted octanol–water partition coefficient (Wildman–Crippen LogP) is 2.83. The molecule has 1 aromatic carbocycles. The first-order chi connectivity index (χ1) is 16.9. The van der Waals surface area contributed by atoms with Crippen LogP contribution in [0.1, 0.15) is 42.6 Å². The van der Waals surface area contributed by atoms with Crippen LogP contribution >= 0.6 is 0 Å². The van der Waals surface area contributed by atoms with Crippen LogP contribution < -0.4 is 10.1 Å². The van der Waals surface area contributed by atoms with E-state index in [1.165, 1.54) is 6.33 Å². The summed E-state index contributed by atoms with van der Waals surface area (Å²) in [5, 5.41) is 2.95. The molecule has 1 N–H and O–H groups in total. The van der Waals surface area contributed by atoms with Crippen LogP contribution in [0, 0.1) is 11.8 Å². The van der Waals surface area contributed by atoms with Crippen LogP contribution in [0.4, 0.5) is 5.69 Å². The monoisotopic (exact) mass is 481 g/mol. The lowest BCUT2D eigenvalue weighted by Crippen LogP contribution is -2.46. The number of rotatable bonds is 5. The largest absolute Gasteiger partial charge is 0.491 e. The van der Waals surface area contributed by atoms with Gasteiger partial charge in [-0.15, -0.1) is 0 Å². The Labute approximate surface area is 206 Å². The smallest absolute Gasteiger partial charge is 0.257 e. The van der Waals surface area contributed by atoms with Gasteiger partial charge in [-0.1, -0.05) is 6.92 Å². The third-order valence-electron chi connectivity index (χ3n) is 6.79. The van der Waals surface area contributed by atoms with Crippen molar-refractivity contribution in [3.63, 3.8) is 0 Å². The first-order valence-corrected chi connectivity index (χ1v) is 12.2. The molecule has 0 radical (unpaired) electrons. The number of aromatic nitrogens is 2. The van der Waals surface area contributed by atoms with Crippen molar-refractivity contribution in [1.82, 2.24) is 19.8 Å².